The topological polar surface area (TPSA) is 67.5 Å². The van der Waals surface area contributed by atoms with Crippen LogP contribution in [-0.4, -0.2) is 11.7 Å². The van der Waals surface area contributed by atoms with Crippen molar-refractivity contribution in [2.24, 2.45) is 10.7 Å². The molecule has 52 valence electrons. The molecule has 10 heavy (non-hydrogen) atoms. The Balaban J connectivity index is 2.78. The molecule has 4 nitrogen and oxygen atoms in total. The van der Waals surface area contributed by atoms with Crippen LogP contribution in [0.2, 0.25) is 0 Å². The van der Waals surface area contributed by atoms with Gasteiger partial charge in [-0.3, -0.25) is 4.79 Å². The number of hydrogen-bond acceptors (Lipinski definition) is 3. The molecule has 0 fully saturated rings. The monoisotopic (exact) mass is 137 g/mol. The lowest BCUT2D eigenvalue weighted by Crippen LogP contribution is -2.32. The molecule has 1 rings (SSSR count). The molecule has 1 aliphatic rings. The standard InChI is InChI=1S/C6H7N3O/c7-5(10)6-8-3-1-2-4-9-6/h1-4H,(H2,7,10)(H,8,9). The van der Waals surface area contributed by atoms with E-state index in [1.54, 1.807) is 18.4 Å². The molecule has 0 aromatic heterocycles. The van der Waals surface area contributed by atoms with Gasteiger partial charge in [0, 0.05) is 12.4 Å². The molecule has 4 heteroatoms. The molecule has 0 saturated carbocycles. The molecular formula is C6H7N3O. The molecule has 0 spiro atoms. The Hall–Kier alpha value is -1.58. The Morgan fingerprint density at radius 2 is 2.40 bits per heavy atom. The van der Waals surface area contributed by atoms with E-state index in [0.29, 0.717) is 0 Å². The molecule has 0 saturated heterocycles. The summed E-state index contributed by atoms with van der Waals surface area (Å²) in [5.74, 6) is -0.402. The molecule has 1 heterocycles. The zero-order chi connectivity index (χ0) is 7.40. The van der Waals surface area contributed by atoms with Crippen LogP contribution in [0.4, 0.5) is 0 Å². The van der Waals surface area contributed by atoms with Crippen molar-refractivity contribution in [3.63, 3.8) is 0 Å². The minimum Gasteiger partial charge on any atom is -0.363 e. The van der Waals surface area contributed by atoms with Gasteiger partial charge >= 0.3 is 0 Å². The number of nitrogens with two attached hydrogens (primary N) is 1. The van der Waals surface area contributed by atoms with Gasteiger partial charge in [0.05, 0.1) is 0 Å². The van der Waals surface area contributed by atoms with Gasteiger partial charge in [0.15, 0.2) is 5.84 Å². The van der Waals surface area contributed by atoms with Gasteiger partial charge in [-0.05, 0) is 12.2 Å². The van der Waals surface area contributed by atoms with Crippen molar-refractivity contribution in [1.82, 2.24) is 5.32 Å². The average Bonchev–Trinajstić information content (AvgIpc) is 2.12. The van der Waals surface area contributed by atoms with Gasteiger partial charge in [0.1, 0.15) is 0 Å². The van der Waals surface area contributed by atoms with Crippen LogP contribution in [0, 0.1) is 0 Å². The lowest BCUT2D eigenvalue weighted by atomic mass is 10.5. The predicted octanol–water partition coefficient (Wildman–Crippen LogP) is -0.499. The Labute approximate surface area is 58.1 Å². The largest absolute Gasteiger partial charge is 0.363 e. The Morgan fingerprint density at radius 3 is 3.10 bits per heavy atom. The van der Waals surface area contributed by atoms with Crippen molar-refractivity contribution >= 4 is 11.7 Å². The summed E-state index contributed by atoms with van der Waals surface area (Å²) in [6.45, 7) is 0. The second-order valence-electron chi connectivity index (χ2n) is 1.69. The van der Waals surface area contributed by atoms with Gasteiger partial charge in [-0.25, -0.2) is 4.99 Å². The maximum absolute atomic E-state index is 10.5. The van der Waals surface area contributed by atoms with Crippen molar-refractivity contribution < 1.29 is 4.79 Å². The van der Waals surface area contributed by atoms with Gasteiger partial charge in [0.25, 0.3) is 5.91 Å². The van der Waals surface area contributed by atoms with Crippen molar-refractivity contribution in [3.8, 4) is 0 Å². The van der Waals surface area contributed by atoms with Crippen molar-refractivity contribution in [1.29, 1.82) is 0 Å². The van der Waals surface area contributed by atoms with E-state index in [2.05, 4.69) is 10.3 Å². The Morgan fingerprint density at radius 1 is 1.60 bits per heavy atom. The highest BCUT2D eigenvalue weighted by Gasteiger charge is 2.02. The van der Waals surface area contributed by atoms with Crippen LogP contribution in [0.5, 0.6) is 0 Å². The van der Waals surface area contributed by atoms with E-state index in [1.165, 1.54) is 6.20 Å². The van der Waals surface area contributed by atoms with E-state index in [9.17, 15) is 4.79 Å². The van der Waals surface area contributed by atoms with Gasteiger partial charge in [-0.1, -0.05) is 0 Å². The molecule has 3 N–H and O–H groups in total. The number of carbonyl (C=O) groups is 1. The number of carbonyl (C=O) groups excluding carboxylic acids is 1. The SMILES string of the molecule is NC(=O)C1=NC=CC=CN1. The first kappa shape index (κ1) is 6.54. The van der Waals surface area contributed by atoms with Crippen LogP contribution < -0.4 is 11.1 Å². The number of nitrogens with one attached hydrogen (secondary N) is 1. The first-order chi connectivity index (χ1) is 4.80. The van der Waals surface area contributed by atoms with Crippen molar-refractivity contribution in [2.45, 2.75) is 0 Å². The number of nitrogens with zero attached hydrogens (tertiary/aromatic N) is 1. The van der Waals surface area contributed by atoms with Gasteiger partial charge in [-0.2, -0.15) is 0 Å². The van der Waals surface area contributed by atoms with Gasteiger partial charge < -0.3 is 11.1 Å². The maximum atomic E-state index is 10.5. The summed E-state index contributed by atoms with van der Waals surface area (Å²) in [4.78, 5) is 14.2. The predicted molar refractivity (Wildman–Crippen MR) is 38.0 cm³/mol. The first-order valence-corrected chi connectivity index (χ1v) is 2.76. The normalized spacial score (nSPS) is 15.4. The summed E-state index contributed by atoms with van der Waals surface area (Å²) in [6, 6.07) is 0. The number of amidine groups is 1. The molecule has 0 bridgehead atoms. The van der Waals surface area contributed by atoms with Crippen LogP contribution in [0.1, 0.15) is 0 Å². The fraction of sp³-hybridized carbons (Fsp3) is 0. The zero-order valence-corrected chi connectivity index (χ0v) is 5.24. The van der Waals surface area contributed by atoms with E-state index in [1.807, 2.05) is 0 Å². The van der Waals surface area contributed by atoms with Crippen LogP contribution in [0.3, 0.4) is 0 Å². The van der Waals surface area contributed by atoms with Crippen molar-refractivity contribution in [2.75, 3.05) is 0 Å². The molecule has 0 aromatic carbocycles. The summed E-state index contributed by atoms with van der Waals surface area (Å²) < 4.78 is 0. The summed E-state index contributed by atoms with van der Waals surface area (Å²) in [6.07, 6.45) is 6.51. The minimum atomic E-state index is -0.559. The van der Waals surface area contributed by atoms with Crippen LogP contribution in [0.15, 0.2) is 29.5 Å². The lowest BCUT2D eigenvalue weighted by Gasteiger charge is -1.95. The van der Waals surface area contributed by atoms with E-state index < -0.39 is 5.91 Å². The molecule has 1 amide bonds. The van der Waals surface area contributed by atoms with Crippen molar-refractivity contribution in [3.05, 3.63) is 24.6 Å². The highest BCUT2D eigenvalue weighted by molar-refractivity contribution is 6.37. The molecule has 1 aliphatic heterocycles. The molecular weight excluding hydrogens is 130 g/mol. The quantitative estimate of drug-likeness (QED) is 0.511. The van der Waals surface area contributed by atoms with E-state index in [0.717, 1.165) is 0 Å². The summed E-state index contributed by atoms with van der Waals surface area (Å²) in [5.41, 5.74) is 4.94. The average molecular weight is 137 g/mol. The van der Waals surface area contributed by atoms with E-state index in [4.69, 9.17) is 5.73 Å². The van der Waals surface area contributed by atoms with Gasteiger partial charge in [0.2, 0.25) is 0 Å². The zero-order valence-electron chi connectivity index (χ0n) is 5.24. The lowest BCUT2D eigenvalue weighted by molar-refractivity contribution is -0.112. The number of rotatable bonds is 1. The first-order valence-electron chi connectivity index (χ1n) is 2.76. The fourth-order valence-electron chi connectivity index (χ4n) is 0.522. The van der Waals surface area contributed by atoms with Crippen LogP contribution in [-0.2, 0) is 4.79 Å². The molecule has 0 unspecified atom stereocenters. The second-order valence-corrected chi connectivity index (χ2v) is 1.69. The maximum Gasteiger partial charge on any atom is 0.284 e. The summed E-state index contributed by atoms with van der Waals surface area (Å²) in [5, 5.41) is 2.61. The molecule has 0 aliphatic carbocycles. The van der Waals surface area contributed by atoms with Crippen LogP contribution in [0.25, 0.3) is 0 Å². The van der Waals surface area contributed by atoms with E-state index in [-0.39, 0.29) is 5.84 Å². The molecule has 0 aromatic rings. The molecule has 0 atom stereocenters. The Bertz CT molecular complexity index is 227. The fourth-order valence-corrected chi connectivity index (χ4v) is 0.522. The smallest absolute Gasteiger partial charge is 0.284 e. The third-order valence-corrected chi connectivity index (χ3v) is 0.950. The number of hydrogen-bond donors (Lipinski definition) is 2. The third kappa shape index (κ3) is 1.45. The number of allylic oxidation sites excluding steroid dienone is 2. The Kier molecular flexibility index (Phi) is 1.84. The number of amides is 1. The van der Waals surface area contributed by atoms with Crippen LogP contribution >= 0.6 is 0 Å². The van der Waals surface area contributed by atoms with Gasteiger partial charge in [-0.15, -0.1) is 0 Å². The highest BCUT2D eigenvalue weighted by atomic mass is 16.1. The molecule has 0 radical (unpaired) electrons. The number of primary amides is 1. The third-order valence-electron chi connectivity index (χ3n) is 0.950. The minimum absolute atomic E-state index is 0.157. The number of aliphatic imine (C=N–C) groups is 1. The summed E-state index contributed by atoms with van der Waals surface area (Å²) in [7, 11) is 0. The second kappa shape index (κ2) is 2.82. The summed E-state index contributed by atoms with van der Waals surface area (Å²) >= 11 is 0. The highest BCUT2D eigenvalue weighted by Crippen LogP contribution is 1.84. The van der Waals surface area contributed by atoms with E-state index >= 15 is 0 Å².